The highest BCUT2D eigenvalue weighted by Crippen LogP contribution is 2.40. The molecule has 7 heteroatoms. The molecule has 0 radical (unpaired) electrons. The van der Waals surface area contributed by atoms with Gasteiger partial charge in [-0.3, -0.25) is 4.79 Å². The Kier molecular flexibility index (Phi) is 3.47. The highest BCUT2D eigenvalue weighted by atomic mass is 79.9. The molecule has 0 saturated heterocycles. The molecular weight excluding hydrogens is 291 g/mol. The Balaban J connectivity index is 3.62. The van der Waals surface area contributed by atoms with E-state index in [1.54, 1.807) is 0 Å². The summed E-state index contributed by atoms with van der Waals surface area (Å²) in [6, 6.07) is 2.38. The third-order valence-corrected chi connectivity index (χ3v) is 2.53. The molecule has 1 rings (SSSR count). The van der Waals surface area contributed by atoms with Crippen LogP contribution in [0, 0.1) is 0 Å². The van der Waals surface area contributed by atoms with Crippen LogP contribution in [0.4, 0.5) is 13.2 Å². The van der Waals surface area contributed by atoms with Crippen LogP contribution in [0.15, 0.2) is 16.6 Å². The average molecular weight is 298 g/mol. The predicted molar refractivity (Wildman–Crippen MR) is 54.2 cm³/mol. The Morgan fingerprint density at radius 1 is 1.44 bits per heavy atom. The van der Waals surface area contributed by atoms with Gasteiger partial charge in [0.05, 0.1) is 18.2 Å². The lowest BCUT2D eigenvalue weighted by atomic mass is 10.1. The fourth-order valence-electron chi connectivity index (χ4n) is 1.25. The molecule has 0 fully saturated rings. The van der Waals surface area contributed by atoms with Crippen LogP contribution in [0.5, 0.6) is 5.75 Å². The quantitative estimate of drug-likeness (QED) is 0.912. The molecule has 0 aliphatic carbocycles. The zero-order valence-electron chi connectivity index (χ0n) is 8.06. The minimum Gasteiger partial charge on any atom is -0.496 e. The van der Waals surface area contributed by atoms with Crippen molar-refractivity contribution in [1.82, 2.24) is 0 Å². The van der Waals surface area contributed by atoms with E-state index in [4.69, 9.17) is 5.73 Å². The lowest BCUT2D eigenvalue weighted by Gasteiger charge is -2.15. The van der Waals surface area contributed by atoms with Gasteiger partial charge in [-0.2, -0.15) is 13.2 Å². The van der Waals surface area contributed by atoms with Crippen LogP contribution in [0.3, 0.4) is 0 Å². The lowest BCUT2D eigenvalue weighted by molar-refractivity contribution is -0.138. The standard InChI is InChI=1S/C9H7BrF3NO2/c1-16-5-3-2-4(10)7(9(11,12)13)6(5)8(14)15/h2-3H,1H3,(H2,14,15). The average Bonchev–Trinajstić information content (AvgIpc) is 2.15. The van der Waals surface area contributed by atoms with Crippen LogP contribution in [-0.2, 0) is 6.18 Å². The van der Waals surface area contributed by atoms with E-state index in [-0.39, 0.29) is 10.2 Å². The number of carbonyl (C=O) groups is 1. The van der Waals surface area contributed by atoms with Crippen molar-refractivity contribution in [2.24, 2.45) is 5.73 Å². The molecule has 0 aliphatic rings. The molecule has 16 heavy (non-hydrogen) atoms. The summed E-state index contributed by atoms with van der Waals surface area (Å²) in [5.41, 5.74) is 3.11. The Hall–Kier alpha value is -1.24. The maximum absolute atomic E-state index is 12.7. The smallest absolute Gasteiger partial charge is 0.418 e. The van der Waals surface area contributed by atoms with Crippen LogP contribution in [0.25, 0.3) is 0 Å². The van der Waals surface area contributed by atoms with Crippen molar-refractivity contribution in [3.8, 4) is 5.75 Å². The first kappa shape index (κ1) is 12.8. The van der Waals surface area contributed by atoms with Crippen molar-refractivity contribution in [1.29, 1.82) is 0 Å². The molecule has 0 aliphatic heterocycles. The molecule has 0 aromatic heterocycles. The van der Waals surface area contributed by atoms with E-state index in [0.29, 0.717) is 0 Å². The predicted octanol–water partition coefficient (Wildman–Crippen LogP) is 2.58. The van der Waals surface area contributed by atoms with E-state index in [2.05, 4.69) is 20.7 Å². The second-order valence-corrected chi connectivity index (χ2v) is 3.72. The summed E-state index contributed by atoms with van der Waals surface area (Å²) in [7, 11) is 1.16. The monoisotopic (exact) mass is 297 g/mol. The van der Waals surface area contributed by atoms with E-state index in [9.17, 15) is 18.0 Å². The lowest BCUT2D eigenvalue weighted by Crippen LogP contribution is -2.20. The van der Waals surface area contributed by atoms with Crippen molar-refractivity contribution >= 4 is 21.8 Å². The number of primary amides is 1. The summed E-state index contributed by atoms with van der Waals surface area (Å²) in [4.78, 5) is 11.0. The third-order valence-electron chi connectivity index (χ3n) is 1.87. The van der Waals surface area contributed by atoms with E-state index in [0.717, 1.165) is 13.2 Å². The molecule has 0 saturated carbocycles. The molecule has 3 nitrogen and oxygen atoms in total. The first-order chi connectivity index (χ1) is 7.29. The van der Waals surface area contributed by atoms with Crippen LogP contribution < -0.4 is 10.5 Å². The number of benzene rings is 1. The van der Waals surface area contributed by atoms with Gasteiger partial charge in [0.15, 0.2) is 0 Å². The number of hydrogen-bond donors (Lipinski definition) is 1. The number of halogens is 4. The van der Waals surface area contributed by atoms with Crippen molar-refractivity contribution < 1.29 is 22.7 Å². The number of ether oxygens (including phenoxy) is 1. The van der Waals surface area contributed by atoms with Crippen LogP contribution in [-0.4, -0.2) is 13.0 Å². The highest BCUT2D eigenvalue weighted by Gasteiger charge is 2.38. The molecule has 1 amide bonds. The van der Waals surface area contributed by atoms with Crippen LogP contribution >= 0.6 is 15.9 Å². The van der Waals surface area contributed by atoms with Crippen molar-refractivity contribution in [2.75, 3.05) is 7.11 Å². The van der Waals surface area contributed by atoms with Gasteiger partial charge >= 0.3 is 6.18 Å². The van der Waals surface area contributed by atoms with E-state index in [1.165, 1.54) is 6.07 Å². The first-order valence-corrected chi connectivity index (χ1v) is 4.81. The molecule has 0 bridgehead atoms. The van der Waals surface area contributed by atoms with Crippen LogP contribution in [0.1, 0.15) is 15.9 Å². The Bertz CT molecular complexity index is 431. The highest BCUT2D eigenvalue weighted by molar-refractivity contribution is 9.10. The fourth-order valence-corrected chi connectivity index (χ4v) is 1.81. The minimum atomic E-state index is -4.68. The summed E-state index contributed by atoms with van der Waals surface area (Å²) < 4.78 is 42.5. The Labute approximate surface area is 97.5 Å². The largest absolute Gasteiger partial charge is 0.496 e. The van der Waals surface area contributed by atoms with Crippen molar-refractivity contribution in [2.45, 2.75) is 6.18 Å². The number of hydrogen-bond acceptors (Lipinski definition) is 2. The molecule has 0 atom stereocenters. The molecule has 0 heterocycles. The summed E-state index contributed by atoms with van der Waals surface area (Å²) in [5, 5.41) is 0. The van der Waals surface area contributed by atoms with Gasteiger partial charge in [-0.05, 0) is 12.1 Å². The number of amides is 1. The zero-order valence-corrected chi connectivity index (χ0v) is 9.65. The maximum atomic E-state index is 12.7. The number of carbonyl (C=O) groups excluding carboxylic acids is 1. The number of nitrogens with two attached hydrogens (primary N) is 1. The number of rotatable bonds is 2. The van der Waals surface area contributed by atoms with Crippen molar-refractivity contribution in [3.05, 3.63) is 27.7 Å². The molecule has 0 unspecified atom stereocenters. The molecule has 1 aromatic carbocycles. The molecule has 2 N–H and O–H groups in total. The summed E-state index contributed by atoms with van der Waals surface area (Å²) in [6.45, 7) is 0. The second-order valence-electron chi connectivity index (χ2n) is 2.86. The van der Waals surface area contributed by atoms with Gasteiger partial charge in [0.2, 0.25) is 0 Å². The zero-order chi connectivity index (χ0) is 12.5. The van der Waals surface area contributed by atoms with E-state index >= 15 is 0 Å². The number of methoxy groups -OCH3 is 1. The fraction of sp³-hybridized carbons (Fsp3) is 0.222. The topological polar surface area (TPSA) is 52.3 Å². The minimum absolute atomic E-state index is 0.206. The van der Waals surface area contributed by atoms with Gasteiger partial charge in [0.25, 0.3) is 5.91 Å². The molecule has 88 valence electrons. The molecular formula is C9H7BrF3NO2. The van der Waals surface area contributed by atoms with Crippen LogP contribution in [0.2, 0.25) is 0 Å². The summed E-state index contributed by atoms with van der Waals surface area (Å²) in [6.07, 6.45) is -4.68. The maximum Gasteiger partial charge on any atom is 0.418 e. The Morgan fingerprint density at radius 3 is 2.38 bits per heavy atom. The summed E-state index contributed by atoms with van der Waals surface area (Å²) in [5.74, 6) is -1.39. The van der Waals surface area contributed by atoms with Gasteiger partial charge in [-0.15, -0.1) is 0 Å². The van der Waals surface area contributed by atoms with Gasteiger partial charge in [-0.25, -0.2) is 0 Å². The van der Waals surface area contributed by atoms with E-state index in [1.807, 2.05) is 0 Å². The van der Waals surface area contributed by atoms with Gasteiger partial charge in [0.1, 0.15) is 5.75 Å². The van der Waals surface area contributed by atoms with E-state index < -0.39 is 23.2 Å². The van der Waals surface area contributed by atoms with Crippen molar-refractivity contribution in [3.63, 3.8) is 0 Å². The SMILES string of the molecule is COc1ccc(Br)c(C(F)(F)F)c1C(N)=O. The normalized spacial score (nSPS) is 11.3. The molecule has 1 aromatic rings. The summed E-state index contributed by atoms with van der Waals surface area (Å²) >= 11 is 2.73. The first-order valence-electron chi connectivity index (χ1n) is 4.02. The van der Waals surface area contributed by atoms with Gasteiger partial charge < -0.3 is 10.5 Å². The van der Waals surface area contributed by atoms with Gasteiger partial charge in [0, 0.05) is 4.47 Å². The number of alkyl halides is 3. The second kappa shape index (κ2) is 4.32. The third kappa shape index (κ3) is 2.29. The molecule has 0 spiro atoms. The van der Waals surface area contributed by atoms with Gasteiger partial charge in [-0.1, -0.05) is 15.9 Å². The Morgan fingerprint density at radius 2 is 2.00 bits per heavy atom.